The van der Waals surface area contributed by atoms with Gasteiger partial charge in [0.2, 0.25) is 18.4 Å². The summed E-state index contributed by atoms with van der Waals surface area (Å²) in [6, 6.07) is 3.69. The van der Waals surface area contributed by atoms with E-state index < -0.39 is 0 Å². The van der Waals surface area contributed by atoms with Gasteiger partial charge in [0, 0.05) is 11.8 Å². The summed E-state index contributed by atoms with van der Waals surface area (Å²) in [5, 5.41) is 0. The van der Waals surface area contributed by atoms with E-state index in [0.717, 1.165) is 22.7 Å². The maximum Gasteiger partial charge on any atom is 0.231 e. The van der Waals surface area contributed by atoms with Gasteiger partial charge in [0.05, 0.1) is 25.7 Å². The quantitative estimate of drug-likeness (QED) is 0.734. The summed E-state index contributed by atoms with van der Waals surface area (Å²) in [4.78, 5) is 8.85. The molecule has 124 valence electrons. The highest BCUT2D eigenvalue weighted by Crippen LogP contribution is 2.44. The number of fused-ring (bicyclic) bond motifs is 1. The average Bonchev–Trinajstić information content (AvgIpc) is 3.28. The van der Waals surface area contributed by atoms with Gasteiger partial charge in [-0.2, -0.15) is 0 Å². The molecule has 1 aromatic carbocycles. The summed E-state index contributed by atoms with van der Waals surface area (Å²) in [6.07, 6.45) is 3.75. The molecular weight excluding hydrogens is 310 g/mol. The van der Waals surface area contributed by atoms with Gasteiger partial charge in [0.25, 0.3) is 0 Å². The van der Waals surface area contributed by atoms with Crippen LogP contribution in [-0.4, -0.2) is 28.4 Å². The molecule has 0 atom stereocenters. The second-order valence-electron chi connectivity index (χ2n) is 5.62. The molecule has 0 saturated carbocycles. The lowest BCUT2D eigenvalue weighted by Gasteiger charge is -2.06. The number of hydrogen-bond acceptors (Lipinski definition) is 6. The molecule has 24 heavy (non-hydrogen) atoms. The first kappa shape index (κ1) is 14.6. The number of aryl methyl sites for hydroxylation is 2. The van der Waals surface area contributed by atoms with Crippen molar-refractivity contribution in [2.24, 2.45) is 0 Å². The molecule has 0 bridgehead atoms. The minimum atomic E-state index is 0.186. The Bertz CT molecular complexity index is 897. The SMILES string of the molecule is COc1cc(-c2nc(Cn3cnc(C)c3)c(C)o2)cc2c1OCO2. The van der Waals surface area contributed by atoms with Crippen LogP contribution in [0.1, 0.15) is 17.1 Å². The predicted molar refractivity (Wildman–Crippen MR) is 85.4 cm³/mol. The van der Waals surface area contributed by atoms with Gasteiger partial charge in [-0.3, -0.25) is 0 Å². The summed E-state index contributed by atoms with van der Waals surface area (Å²) in [5.41, 5.74) is 2.61. The smallest absolute Gasteiger partial charge is 0.231 e. The van der Waals surface area contributed by atoms with E-state index in [4.69, 9.17) is 18.6 Å². The largest absolute Gasteiger partial charge is 0.493 e. The Morgan fingerprint density at radius 1 is 1.25 bits per heavy atom. The van der Waals surface area contributed by atoms with E-state index >= 15 is 0 Å². The molecule has 0 unspecified atom stereocenters. The Balaban J connectivity index is 1.69. The number of methoxy groups -OCH3 is 1. The molecule has 1 aliphatic heterocycles. The molecule has 4 rings (SSSR count). The molecule has 7 heteroatoms. The van der Waals surface area contributed by atoms with E-state index in [1.54, 1.807) is 13.4 Å². The minimum absolute atomic E-state index is 0.186. The zero-order valence-electron chi connectivity index (χ0n) is 13.7. The van der Waals surface area contributed by atoms with Gasteiger partial charge in [0.1, 0.15) is 11.5 Å². The number of oxazole rings is 1. The molecular formula is C17H17N3O4. The van der Waals surface area contributed by atoms with Gasteiger partial charge in [-0.15, -0.1) is 0 Å². The lowest BCUT2D eigenvalue weighted by molar-refractivity contribution is 0.171. The first-order valence-electron chi connectivity index (χ1n) is 7.56. The Morgan fingerprint density at radius 2 is 2.12 bits per heavy atom. The van der Waals surface area contributed by atoms with Gasteiger partial charge in [0.15, 0.2) is 11.5 Å². The molecule has 3 aromatic rings. The Morgan fingerprint density at radius 3 is 2.88 bits per heavy atom. The second kappa shape index (κ2) is 5.59. The number of aromatic nitrogens is 3. The normalized spacial score (nSPS) is 12.6. The number of imidazole rings is 1. The van der Waals surface area contributed by atoms with E-state index in [-0.39, 0.29) is 6.79 Å². The Hall–Kier alpha value is -2.96. The van der Waals surface area contributed by atoms with E-state index in [2.05, 4.69) is 9.97 Å². The van der Waals surface area contributed by atoms with Gasteiger partial charge in [-0.1, -0.05) is 0 Å². The van der Waals surface area contributed by atoms with Crippen molar-refractivity contribution >= 4 is 0 Å². The van der Waals surface area contributed by atoms with Crippen LogP contribution in [-0.2, 0) is 6.54 Å². The molecule has 0 aliphatic carbocycles. The predicted octanol–water partition coefficient (Wildman–Crippen LogP) is 2.94. The fraction of sp³-hybridized carbons (Fsp3) is 0.294. The van der Waals surface area contributed by atoms with Crippen molar-refractivity contribution in [3.63, 3.8) is 0 Å². The molecule has 0 spiro atoms. The van der Waals surface area contributed by atoms with Crippen molar-refractivity contribution in [3.8, 4) is 28.7 Å². The van der Waals surface area contributed by atoms with Crippen LogP contribution in [0.3, 0.4) is 0 Å². The van der Waals surface area contributed by atoms with Gasteiger partial charge in [-0.05, 0) is 26.0 Å². The number of rotatable bonds is 4. The van der Waals surface area contributed by atoms with Crippen LogP contribution >= 0.6 is 0 Å². The van der Waals surface area contributed by atoms with Crippen molar-refractivity contribution in [3.05, 3.63) is 41.8 Å². The highest BCUT2D eigenvalue weighted by Gasteiger charge is 2.22. The minimum Gasteiger partial charge on any atom is -0.493 e. The first-order valence-corrected chi connectivity index (χ1v) is 7.56. The second-order valence-corrected chi connectivity index (χ2v) is 5.62. The molecule has 0 N–H and O–H groups in total. The van der Waals surface area contributed by atoms with Crippen LogP contribution in [0.15, 0.2) is 29.1 Å². The van der Waals surface area contributed by atoms with Crippen LogP contribution in [0, 0.1) is 13.8 Å². The highest BCUT2D eigenvalue weighted by molar-refractivity contribution is 5.66. The zero-order chi connectivity index (χ0) is 16.7. The standard InChI is InChI=1S/C17H17N3O4/c1-10-6-20(8-18-10)7-13-11(2)24-17(19-13)12-4-14(21-3)16-15(5-12)22-9-23-16/h4-6,8H,7,9H2,1-3H3. The van der Waals surface area contributed by atoms with Gasteiger partial charge < -0.3 is 23.2 Å². The van der Waals surface area contributed by atoms with Crippen LogP contribution < -0.4 is 14.2 Å². The monoisotopic (exact) mass is 327 g/mol. The number of benzene rings is 1. The third kappa shape index (κ3) is 2.47. The Labute approximate surface area is 138 Å². The molecule has 0 fully saturated rings. The molecule has 0 saturated heterocycles. The van der Waals surface area contributed by atoms with Crippen molar-refractivity contribution in [2.45, 2.75) is 20.4 Å². The van der Waals surface area contributed by atoms with E-state index in [9.17, 15) is 0 Å². The Kier molecular flexibility index (Phi) is 3.41. The lowest BCUT2D eigenvalue weighted by Crippen LogP contribution is -1.98. The van der Waals surface area contributed by atoms with Crippen LogP contribution in [0.5, 0.6) is 17.2 Å². The van der Waals surface area contributed by atoms with Gasteiger partial charge >= 0.3 is 0 Å². The van der Waals surface area contributed by atoms with E-state index in [0.29, 0.717) is 29.7 Å². The fourth-order valence-electron chi connectivity index (χ4n) is 2.68. The highest BCUT2D eigenvalue weighted by atomic mass is 16.7. The third-order valence-corrected chi connectivity index (χ3v) is 3.89. The van der Waals surface area contributed by atoms with E-state index in [1.807, 2.05) is 36.7 Å². The third-order valence-electron chi connectivity index (χ3n) is 3.89. The lowest BCUT2D eigenvalue weighted by atomic mass is 10.2. The summed E-state index contributed by atoms with van der Waals surface area (Å²) >= 11 is 0. The van der Waals surface area contributed by atoms with Crippen molar-refractivity contribution in [2.75, 3.05) is 13.9 Å². The van der Waals surface area contributed by atoms with Crippen LogP contribution in [0.25, 0.3) is 11.5 Å². The van der Waals surface area contributed by atoms with Crippen molar-refractivity contribution < 1.29 is 18.6 Å². The van der Waals surface area contributed by atoms with Crippen LogP contribution in [0.4, 0.5) is 0 Å². The molecule has 1 aliphatic rings. The topological polar surface area (TPSA) is 71.5 Å². The average molecular weight is 327 g/mol. The maximum absolute atomic E-state index is 5.84. The van der Waals surface area contributed by atoms with E-state index in [1.165, 1.54) is 0 Å². The summed E-state index contributed by atoms with van der Waals surface area (Å²) < 4.78 is 24.1. The fourth-order valence-corrected chi connectivity index (χ4v) is 2.68. The molecule has 2 aromatic heterocycles. The summed E-state index contributed by atoms with van der Waals surface area (Å²) in [7, 11) is 1.59. The molecule has 0 radical (unpaired) electrons. The number of ether oxygens (including phenoxy) is 3. The van der Waals surface area contributed by atoms with Crippen molar-refractivity contribution in [1.82, 2.24) is 14.5 Å². The van der Waals surface area contributed by atoms with Crippen LogP contribution in [0.2, 0.25) is 0 Å². The maximum atomic E-state index is 5.84. The number of hydrogen-bond donors (Lipinski definition) is 0. The van der Waals surface area contributed by atoms with Crippen molar-refractivity contribution in [1.29, 1.82) is 0 Å². The first-order chi connectivity index (χ1) is 11.6. The van der Waals surface area contributed by atoms with Gasteiger partial charge in [-0.25, -0.2) is 9.97 Å². The molecule has 0 amide bonds. The molecule has 7 nitrogen and oxygen atoms in total. The molecule has 3 heterocycles. The summed E-state index contributed by atoms with van der Waals surface area (Å²) in [5.74, 6) is 3.14. The zero-order valence-corrected chi connectivity index (χ0v) is 13.7. The number of nitrogens with zero attached hydrogens (tertiary/aromatic N) is 3. The summed E-state index contributed by atoms with van der Waals surface area (Å²) in [6.45, 7) is 4.65.